The molecule has 0 aromatic heterocycles. The smallest absolute Gasteiger partial charge is 0.337 e. The molecule has 2 rings (SSSR count). The van der Waals surface area contributed by atoms with Gasteiger partial charge in [0.25, 0.3) is 0 Å². The molecule has 2 aromatic carbocycles. The van der Waals surface area contributed by atoms with Crippen molar-refractivity contribution in [3.8, 4) is 17.2 Å². The summed E-state index contributed by atoms with van der Waals surface area (Å²) in [7, 11) is -1.24. The fraction of sp³-hybridized carbons (Fsp3) is 0.278. The molecule has 1 N–H and O–H groups in total. The Labute approximate surface area is 173 Å². The van der Waals surface area contributed by atoms with Crippen molar-refractivity contribution in [3.05, 3.63) is 45.9 Å². The van der Waals surface area contributed by atoms with Crippen LogP contribution < -0.4 is 14.2 Å². The van der Waals surface area contributed by atoms with Crippen molar-refractivity contribution in [3.63, 3.8) is 0 Å². The lowest BCUT2D eigenvalue weighted by atomic mass is 10.2. The first-order chi connectivity index (χ1) is 13.1. The number of ether oxygens (including phenoxy) is 3. The van der Waals surface area contributed by atoms with Crippen molar-refractivity contribution in [2.45, 2.75) is 24.8 Å². The van der Waals surface area contributed by atoms with E-state index in [1.165, 1.54) is 44.6 Å². The molecule has 10 heteroatoms. The molecule has 0 spiro atoms. The Balaban J connectivity index is 2.46. The summed E-state index contributed by atoms with van der Waals surface area (Å²) in [6.07, 6.45) is 0. The van der Waals surface area contributed by atoms with Gasteiger partial charge in [-0.2, -0.15) is 0 Å². The fourth-order valence-electron chi connectivity index (χ4n) is 2.32. The van der Waals surface area contributed by atoms with Crippen LogP contribution in [0.15, 0.2) is 35.2 Å². The van der Waals surface area contributed by atoms with Gasteiger partial charge in [0.05, 0.1) is 29.8 Å². The number of carbonyl (C=O) groups excluding carboxylic acids is 1. The largest absolute Gasteiger partial charge is 0.495 e. The number of esters is 1. The molecule has 0 unspecified atom stereocenters. The summed E-state index contributed by atoms with van der Waals surface area (Å²) >= 11 is 12.3. The Hall–Kier alpha value is -2.00. The van der Waals surface area contributed by atoms with Crippen molar-refractivity contribution in [1.82, 2.24) is 4.72 Å². The molecule has 0 saturated heterocycles. The van der Waals surface area contributed by atoms with Crippen LogP contribution in [0.25, 0.3) is 0 Å². The molecule has 0 atom stereocenters. The van der Waals surface area contributed by atoms with Crippen LogP contribution in [0.2, 0.25) is 10.0 Å². The zero-order chi connectivity index (χ0) is 21.1. The van der Waals surface area contributed by atoms with Gasteiger partial charge in [-0.15, -0.1) is 0 Å². The van der Waals surface area contributed by atoms with E-state index in [1.807, 2.05) is 0 Å². The summed E-state index contributed by atoms with van der Waals surface area (Å²) in [5, 5.41) is 0.127. The van der Waals surface area contributed by atoms with Crippen molar-refractivity contribution in [2.75, 3.05) is 14.2 Å². The number of rotatable bonds is 7. The molecule has 28 heavy (non-hydrogen) atoms. The monoisotopic (exact) mass is 447 g/mol. The number of nitrogens with one attached hydrogen (secondary N) is 1. The third kappa shape index (κ3) is 5.08. The van der Waals surface area contributed by atoms with Gasteiger partial charge in [0, 0.05) is 12.1 Å². The minimum Gasteiger partial charge on any atom is -0.495 e. The highest BCUT2D eigenvalue weighted by atomic mass is 35.5. The molecule has 152 valence electrons. The number of methoxy groups -OCH3 is 2. The van der Waals surface area contributed by atoms with Crippen LogP contribution in [0.1, 0.15) is 24.2 Å². The topological polar surface area (TPSA) is 90.9 Å². The molecular weight excluding hydrogens is 429 g/mol. The third-order valence-corrected chi connectivity index (χ3v) is 5.70. The zero-order valence-electron chi connectivity index (χ0n) is 15.6. The van der Waals surface area contributed by atoms with E-state index in [2.05, 4.69) is 9.46 Å². The molecule has 0 fully saturated rings. The van der Waals surface area contributed by atoms with Crippen molar-refractivity contribution in [2.24, 2.45) is 0 Å². The first-order valence-electron chi connectivity index (χ1n) is 8.04. The number of sulfonamides is 1. The molecule has 2 aromatic rings. The van der Waals surface area contributed by atoms with E-state index >= 15 is 0 Å². The second-order valence-electron chi connectivity index (χ2n) is 5.95. The normalized spacial score (nSPS) is 11.4. The maximum Gasteiger partial charge on any atom is 0.337 e. The van der Waals surface area contributed by atoms with E-state index in [0.29, 0.717) is 0 Å². The van der Waals surface area contributed by atoms with Gasteiger partial charge in [0.1, 0.15) is 16.4 Å². The number of carbonyl (C=O) groups is 1. The zero-order valence-corrected chi connectivity index (χ0v) is 17.9. The van der Waals surface area contributed by atoms with Crippen LogP contribution >= 0.6 is 23.2 Å². The Morgan fingerprint density at radius 3 is 2.18 bits per heavy atom. The molecule has 7 nitrogen and oxygen atoms in total. The standard InChI is InChI=1S/C18H19Cl2NO6S/c1-10(2)21-28(23,24)16-9-12(5-6-15(16)25-3)27-17-13(19)7-11(8-14(17)20)18(22)26-4/h5-10,21H,1-4H3. The van der Waals surface area contributed by atoms with Crippen LogP contribution in [-0.2, 0) is 14.8 Å². The highest BCUT2D eigenvalue weighted by Gasteiger charge is 2.22. The van der Waals surface area contributed by atoms with Gasteiger partial charge in [0.15, 0.2) is 5.75 Å². The first kappa shape index (κ1) is 22.3. The molecule has 0 aliphatic rings. The van der Waals surface area contributed by atoms with E-state index in [4.69, 9.17) is 32.7 Å². The third-order valence-electron chi connectivity index (χ3n) is 3.45. The van der Waals surface area contributed by atoms with Gasteiger partial charge in [-0.1, -0.05) is 23.2 Å². The van der Waals surface area contributed by atoms with Crippen molar-refractivity contribution < 1.29 is 27.4 Å². The number of halogens is 2. The van der Waals surface area contributed by atoms with E-state index in [9.17, 15) is 13.2 Å². The minimum atomic E-state index is -3.84. The molecule has 0 saturated carbocycles. The highest BCUT2D eigenvalue weighted by molar-refractivity contribution is 7.89. The maximum atomic E-state index is 12.6. The minimum absolute atomic E-state index is 0.0634. The van der Waals surface area contributed by atoms with Gasteiger partial charge in [-0.3, -0.25) is 0 Å². The van der Waals surface area contributed by atoms with Crippen LogP contribution in [0, 0.1) is 0 Å². The molecule has 0 bridgehead atoms. The van der Waals surface area contributed by atoms with Gasteiger partial charge in [-0.25, -0.2) is 17.9 Å². The lowest BCUT2D eigenvalue weighted by molar-refractivity contribution is 0.0600. The molecular formula is C18H19Cl2NO6S. The van der Waals surface area contributed by atoms with Gasteiger partial charge in [0.2, 0.25) is 10.0 Å². The van der Waals surface area contributed by atoms with E-state index in [1.54, 1.807) is 13.8 Å². The van der Waals surface area contributed by atoms with Gasteiger partial charge in [-0.05, 0) is 38.1 Å². The Morgan fingerprint density at radius 1 is 1.07 bits per heavy atom. The summed E-state index contributed by atoms with van der Waals surface area (Å²) in [4.78, 5) is 11.5. The van der Waals surface area contributed by atoms with Crippen LogP contribution in [0.4, 0.5) is 0 Å². The van der Waals surface area contributed by atoms with Crippen molar-refractivity contribution in [1.29, 1.82) is 0 Å². The predicted molar refractivity (Wildman–Crippen MR) is 106 cm³/mol. The van der Waals surface area contributed by atoms with E-state index < -0.39 is 16.0 Å². The average molecular weight is 448 g/mol. The quantitative estimate of drug-likeness (QED) is 0.637. The Morgan fingerprint density at radius 2 is 1.68 bits per heavy atom. The van der Waals surface area contributed by atoms with E-state index in [-0.39, 0.29) is 43.8 Å². The van der Waals surface area contributed by atoms with Crippen LogP contribution in [0.5, 0.6) is 17.2 Å². The lowest BCUT2D eigenvalue weighted by Gasteiger charge is -2.15. The average Bonchev–Trinajstić information content (AvgIpc) is 2.62. The summed E-state index contributed by atoms with van der Waals surface area (Å²) in [5.41, 5.74) is 0.156. The second-order valence-corrected chi connectivity index (χ2v) is 8.45. The maximum absolute atomic E-state index is 12.6. The SMILES string of the molecule is COC(=O)c1cc(Cl)c(Oc2ccc(OC)c(S(=O)(=O)NC(C)C)c2)c(Cl)c1. The summed E-state index contributed by atoms with van der Waals surface area (Å²) < 4.78 is 43.1. The molecule has 0 aliphatic heterocycles. The number of benzene rings is 2. The molecule has 0 amide bonds. The summed E-state index contributed by atoms with van der Waals surface area (Å²) in [6, 6.07) is 6.63. The number of hydrogen-bond acceptors (Lipinski definition) is 6. The predicted octanol–water partition coefficient (Wildman–Crippen LogP) is 4.27. The fourth-order valence-corrected chi connectivity index (χ4v) is 4.31. The van der Waals surface area contributed by atoms with E-state index in [0.717, 1.165) is 0 Å². The Kier molecular flexibility index (Phi) is 7.16. The summed E-state index contributed by atoms with van der Waals surface area (Å²) in [6.45, 7) is 3.40. The number of hydrogen-bond donors (Lipinski definition) is 1. The van der Waals surface area contributed by atoms with Gasteiger partial charge < -0.3 is 14.2 Å². The molecule has 0 aliphatic carbocycles. The van der Waals surface area contributed by atoms with Crippen LogP contribution in [0.3, 0.4) is 0 Å². The first-order valence-corrected chi connectivity index (χ1v) is 10.3. The summed E-state index contributed by atoms with van der Waals surface area (Å²) in [5.74, 6) is -0.215. The second kappa shape index (κ2) is 9.00. The molecule has 0 radical (unpaired) electrons. The van der Waals surface area contributed by atoms with Crippen molar-refractivity contribution >= 4 is 39.2 Å². The lowest BCUT2D eigenvalue weighted by Crippen LogP contribution is -2.30. The van der Waals surface area contributed by atoms with Gasteiger partial charge >= 0.3 is 5.97 Å². The molecule has 0 heterocycles. The highest BCUT2D eigenvalue weighted by Crippen LogP contribution is 2.39. The van der Waals surface area contributed by atoms with Crippen LogP contribution in [-0.4, -0.2) is 34.6 Å². The Bertz CT molecular complexity index is 969.